The number of hydrogen-bond donors (Lipinski definition) is 1. The minimum absolute atomic E-state index is 0.303. The molecule has 0 amide bonds. The van der Waals surface area contributed by atoms with Gasteiger partial charge in [-0.15, -0.1) is 0 Å². The van der Waals surface area contributed by atoms with Crippen LogP contribution in [0.2, 0.25) is 0 Å². The fourth-order valence-corrected chi connectivity index (χ4v) is 2.41. The van der Waals surface area contributed by atoms with E-state index in [1.165, 1.54) is 6.42 Å². The molecule has 5 nitrogen and oxygen atoms in total. The van der Waals surface area contributed by atoms with Gasteiger partial charge in [-0.2, -0.15) is 5.10 Å². The zero-order chi connectivity index (χ0) is 12.5. The second kappa shape index (κ2) is 4.49. The second-order valence-electron chi connectivity index (χ2n) is 4.74. The Morgan fingerprint density at radius 2 is 2.28 bits per heavy atom. The van der Waals surface area contributed by atoms with Gasteiger partial charge in [0, 0.05) is 18.9 Å². The smallest absolute Gasteiger partial charge is 0.146 e. The van der Waals surface area contributed by atoms with Crippen molar-refractivity contribution in [3.05, 3.63) is 29.8 Å². The standard InChI is InChI=1S/C13H17N5/c1-9-8-11(12-5-7-15-18(12)2)17-13(16-9)10-4-3-6-14-10/h5,7-8,10,14H,3-4,6H2,1-2H3. The summed E-state index contributed by atoms with van der Waals surface area (Å²) in [6.45, 7) is 3.07. The molecule has 3 rings (SSSR count). The summed E-state index contributed by atoms with van der Waals surface area (Å²) in [5.74, 6) is 0.906. The minimum atomic E-state index is 0.303. The van der Waals surface area contributed by atoms with Gasteiger partial charge in [-0.3, -0.25) is 4.68 Å². The zero-order valence-electron chi connectivity index (χ0n) is 10.7. The van der Waals surface area contributed by atoms with E-state index >= 15 is 0 Å². The van der Waals surface area contributed by atoms with E-state index < -0.39 is 0 Å². The van der Waals surface area contributed by atoms with Crippen LogP contribution in [0, 0.1) is 6.92 Å². The van der Waals surface area contributed by atoms with Crippen molar-refractivity contribution in [1.29, 1.82) is 0 Å². The van der Waals surface area contributed by atoms with Gasteiger partial charge in [0.05, 0.1) is 17.4 Å². The Labute approximate surface area is 106 Å². The van der Waals surface area contributed by atoms with E-state index in [0.29, 0.717) is 6.04 Å². The lowest BCUT2D eigenvalue weighted by molar-refractivity contribution is 0.602. The first kappa shape index (κ1) is 11.3. The first-order valence-electron chi connectivity index (χ1n) is 6.31. The van der Waals surface area contributed by atoms with Crippen LogP contribution in [0.4, 0.5) is 0 Å². The highest BCUT2D eigenvalue weighted by Crippen LogP contribution is 2.23. The van der Waals surface area contributed by atoms with Crippen molar-refractivity contribution >= 4 is 0 Å². The quantitative estimate of drug-likeness (QED) is 0.870. The van der Waals surface area contributed by atoms with Crippen LogP contribution >= 0.6 is 0 Å². The van der Waals surface area contributed by atoms with Crippen LogP contribution in [0.5, 0.6) is 0 Å². The summed E-state index contributed by atoms with van der Waals surface area (Å²) in [4.78, 5) is 9.24. The molecule has 94 valence electrons. The molecule has 0 radical (unpaired) electrons. The summed E-state index contributed by atoms with van der Waals surface area (Å²) in [6, 6.07) is 4.29. The molecule has 0 bridgehead atoms. The topological polar surface area (TPSA) is 55.6 Å². The van der Waals surface area contributed by atoms with Crippen molar-refractivity contribution in [1.82, 2.24) is 25.1 Å². The maximum atomic E-state index is 4.68. The van der Waals surface area contributed by atoms with Crippen molar-refractivity contribution in [2.75, 3.05) is 6.54 Å². The molecule has 0 aliphatic carbocycles. The molecule has 18 heavy (non-hydrogen) atoms. The summed E-state index contributed by atoms with van der Waals surface area (Å²) in [6.07, 6.45) is 4.11. The Hall–Kier alpha value is -1.75. The van der Waals surface area contributed by atoms with Crippen LogP contribution in [-0.4, -0.2) is 26.3 Å². The number of aryl methyl sites for hydroxylation is 2. The molecular formula is C13H17N5. The number of rotatable bonds is 2. The van der Waals surface area contributed by atoms with E-state index in [1.807, 2.05) is 30.8 Å². The highest BCUT2D eigenvalue weighted by molar-refractivity contribution is 5.54. The summed E-state index contributed by atoms with van der Waals surface area (Å²) < 4.78 is 1.84. The maximum absolute atomic E-state index is 4.68. The molecule has 1 unspecified atom stereocenters. The molecule has 1 atom stereocenters. The molecule has 0 aromatic carbocycles. The molecule has 1 fully saturated rings. The lowest BCUT2D eigenvalue weighted by Crippen LogP contribution is -2.16. The summed E-state index contributed by atoms with van der Waals surface area (Å²) in [5.41, 5.74) is 2.98. The van der Waals surface area contributed by atoms with Crippen molar-refractivity contribution < 1.29 is 0 Å². The van der Waals surface area contributed by atoms with E-state index in [4.69, 9.17) is 0 Å². The van der Waals surface area contributed by atoms with Gasteiger partial charge in [0.1, 0.15) is 5.82 Å². The third-order valence-electron chi connectivity index (χ3n) is 3.33. The fourth-order valence-electron chi connectivity index (χ4n) is 2.41. The SMILES string of the molecule is Cc1cc(-c2ccnn2C)nc(C2CCCN2)n1. The van der Waals surface area contributed by atoms with Crippen molar-refractivity contribution in [2.45, 2.75) is 25.8 Å². The molecule has 1 aliphatic rings. The van der Waals surface area contributed by atoms with Crippen LogP contribution in [0.25, 0.3) is 11.4 Å². The Kier molecular flexibility index (Phi) is 2.83. The number of hydrogen-bond acceptors (Lipinski definition) is 4. The second-order valence-corrected chi connectivity index (χ2v) is 4.74. The van der Waals surface area contributed by atoms with Crippen LogP contribution in [0.3, 0.4) is 0 Å². The number of nitrogens with one attached hydrogen (secondary N) is 1. The van der Waals surface area contributed by atoms with Gasteiger partial charge in [-0.05, 0) is 38.4 Å². The largest absolute Gasteiger partial charge is 0.307 e. The van der Waals surface area contributed by atoms with Crippen molar-refractivity contribution in [2.24, 2.45) is 7.05 Å². The normalized spacial score (nSPS) is 19.3. The summed E-state index contributed by atoms with van der Waals surface area (Å²) in [5, 5.41) is 7.63. The molecule has 3 heterocycles. The van der Waals surface area contributed by atoms with Gasteiger partial charge in [0.2, 0.25) is 0 Å². The van der Waals surface area contributed by atoms with Crippen LogP contribution in [-0.2, 0) is 7.05 Å². The van der Waals surface area contributed by atoms with Crippen LogP contribution in [0.1, 0.15) is 30.4 Å². The molecule has 1 aliphatic heterocycles. The maximum Gasteiger partial charge on any atom is 0.146 e. The van der Waals surface area contributed by atoms with Crippen molar-refractivity contribution in [3.63, 3.8) is 0 Å². The van der Waals surface area contributed by atoms with Gasteiger partial charge >= 0.3 is 0 Å². The average molecular weight is 243 g/mol. The Bertz CT molecular complexity index is 554. The summed E-state index contributed by atoms with van der Waals surface area (Å²) >= 11 is 0. The van der Waals surface area contributed by atoms with Gasteiger partial charge in [0.25, 0.3) is 0 Å². The van der Waals surface area contributed by atoms with Gasteiger partial charge in [-0.25, -0.2) is 9.97 Å². The monoisotopic (exact) mass is 243 g/mol. The first-order chi connectivity index (χ1) is 8.74. The van der Waals surface area contributed by atoms with Crippen LogP contribution < -0.4 is 5.32 Å². The van der Waals surface area contributed by atoms with Gasteiger partial charge < -0.3 is 5.32 Å². The molecule has 1 N–H and O–H groups in total. The Balaban J connectivity index is 2.03. The Morgan fingerprint density at radius 1 is 1.39 bits per heavy atom. The van der Waals surface area contributed by atoms with E-state index in [2.05, 4.69) is 20.4 Å². The van der Waals surface area contributed by atoms with E-state index in [0.717, 1.165) is 35.9 Å². The lowest BCUT2D eigenvalue weighted by atomic mass is 10.2. The molecule has 2 aromatic rings. The molecule has 2 aromatic heterocycles. The molecule has 1 saturated heterocycles. The minimum Gasteiger partial charge on any atom is -0.307 e. The van der Waals surface area contributed by atoms with Crippen molar-refractivity contribution in [3.8, 4) is 11.4 Å². The predicted octanol–water partition coefficient (Wildman–Crippen LogP) is 1.61. The van der Waals surface area contributed by atoms with Gasteiger partial charge in [-0.1, -0.05) is 0 Å². The highest BCUT2D eigenvalue weighted by atomic mass is 15.3. The molecule has 5 heteroatoms. The number of aromatic nitrogens is 4. The molecule has 0 saturated carbocycles. The molecular weight excluding hydrogens is 226 g/mol. The molecule has 0 spiro atoms. The van der Waals surface area contributed by atoms with Gasteiger partial charge in [0.15, 0.2) is 0 Å². The number of nitrogens with zero attached hydrogens (tertiary/aromatic N) is 4. The highest BCUT2D eigenvalue weighted by Gasteiger charge is 2.20. The lowest BCUT2D eigenvalue weighted by Gasteiger charge is -2.11. The fraction of sp³-hybridized carbons (Fsp3) is 0.462. The van der Waals surface area contributed by atoms with E-state index in [9.17, 15) is 0 Å². The predicted molar refractivity (Wildman–Crippen MR) is 68.9 cm³/mol. The third-order valence-corrected chi connectivity index (χ3v) is 3.33. The van der Waals surface area contributed by atoms with E-state index in [1.54, 1.807) is 6.20 Å². The van der Waals surface area contributed by atoms with Crippen LogP contribution in [0.15, 0.2) is 18.3 Å². The van der Waals surface area contributed by atoms with E-state index in [-0.39, 0.29) is 0 Å². The third kappa shape index (κ3) is 2.01. The zero-order valence-corrected chi connectivity index (χ0v) is 10.7. The first-order valence-corrected chi connectivity index (χ1v) is 6.31. The summed E-state index contributed by atoms with van der Waals surface area (Å²) in [7, 11) is 1.93. The average Bonchev–Trinajstić information content (AvgIpc) is 2.98. The Morgan fingerprint density at radius 3 is 2.94 bits per heavy atom.